The Balaban J connectivity index is 4.16. The highest BCUT2D eigenvalue weighted by molar-refractivity contribution is 4.76. The van der Waals surface area contributed by atoms with Crippen molar-refractivity contribution in [2.75, 3.05) is 0 Å². The molecule has 2 heteroatoms. The van der Waals surface area contributed by atoms with Gasteiger partial charge >= 0.3 is 0 Å². The van der Waals surface area contributed by atoms with Crippen molar-refractivity contribution in [3.63, 3.8) is 0 Å². The molecule has 92 valence electrons. The van der Waals surface area contributed by atoms with Crippen LogP contribution in [0.5, 0.6) is 0 Å². The average Bonchev–Trinajstić information content (AvgIpc) is 1.97. The topological polar surface area (TPSA) is 18.5 Å². The van der Waals surface area contributed by atoms with E-state index in [4.69, 9.17) is 9.78 Å². The molecule has 0 N–H and O–H groups in total. The molecule has 0 aromatic rings. The van der Waals surface area contributed by atoms with Crippen LogP contribution in [0, 0.1) is 5.41 Å². The van der Waals surface area contributed by atoms with Gasteiger partial charge in [-0.25, -0.2) is 9.78 Å². The van der Waals surface area contributed by atoms with Crippen molar-refractivity contribution in [3.8, 4) is 0 Å². The van der Waals surface area contributed by atoms with Gasteiger partial charge in [0.25, 0.3) is 0 Å². The number of hydrogen-bond donors (Lipinski definition) is 0. The van der Waals surface area contributed by atoms with Gasteiger partial charge in [0.05, 0.1) is 11.2 Å². The first-order valence-electron chi connectivity index (χ1n) is 5.84. The summed E-state index contributed by atoms with van der Waals surface area (Å²) in [5.74, 6) is 0. The van der Waals surface area contributed by atoms with Crippen molar-refractivity contribution in [1.29, 1.82) is 0 Å². The molecule has 0 bridgehead atoms. The summed E-state index contributed by atoms with van der Waals surface area (Å²) in [6, 6.07) is 0. The third-order valence-corrected chi connectivity index (χ3v) is 2.30. The van der Waals surface area contributed by atoms with Gasteiger partial charge in [-0.15, -0.1) is 0 Å². The second-order valence-corrected chi connectivity index (χ2v) is 6.78. The van der Waals surface area contributed by atoms with E-state index in [2.05, 4.69) is 41.5 Å². The first kappa shape index (κ1) is 14.9. The summed E-state index contributed by atoms with van der Waals surface area (Å²) in [5, 5.41) is 0. The van der Waals surface area contributed by atoms with Crippen LogP contribution in [-0.4, -0.2) is 11.2 Å². The lowest BCUT2D eigenvalue weighted by atomic mass is 9.84. The molecule has 0 saturated carbocycles. The Morgan fingerprint density at radius 2 is 1.13 bits per heavy atom. The molecule has 0 unspecified atom stereocenters. The first-order valence-corrected chi connectivity index (χ1v) is 5.84. The van der Waals surface area contributed by atoms with Gasteiger partial charge in [-0.2, -0.15) is 0 Å². The van der Waals surface area contributed by atoms with Crippen molar-refractivity contribution in [2.24, 2.45) is 5.41 Å². The van der Waals surface area contributed by atoms with Crippen LogP contribution in [-0.2, 0) is 9.78 Å². The van der Waals surface area contributed by atoms with Gasteiger partial charge in [0.1, 0.15) is 0 Å². The lowest BCUT2D eigenvalue weighted by Crippen LogP contribution is -2.35. The van der Waals surface area contributed by atoms with Crippen LogP contribution in [0.2, 0.25) is 0 Å². The Morgan fingerprint density at radius 1 is 0.733 bits per heavy atom. The molecule has 2 nitrogen and oxygen atoms in total. The predicted octanol–water partition coefficient (Wildman–Crippen LogP) is 4.34. The second-order valence-electron chi connectivity index (χ2n) is 6.78. The van der Waals surface area contributed by atoms with Gasteiger partial charge in [-0.1, -0.05) is 27.7 Å². The van der Waals surface area contributed by atoms with E-state index in [0.29, 0.717) is 0 Å². The second kappa shape index (κ2) is 4.84. The largest absolute Gasteiger partial charge is 0.230 e. The molecule has 0 fully saturated rings. The highest BCUT2D eigenvalue weighted by Gasteiger charge is 2.29. The summed E-state index contributed by atoms with van der Waals surface area (Å²) < 4.78 is 0. The summed E-state index contributed by atoms with van der Waals surface area (Å²) in [6.07, 6.45) is 1.92. The molecule has 0 aromatic carbocycles. The molecular weight excluding hydrogens is 188 g/mol. The van der Waals surface area contributed by atoms with Crippen molar-refractivity contribution in [2.45, 2.75) is 79.4 Å². The molecule has 0 aromatic heterocycles. The van der Waals surface area contributed by atoms with Crippen LogP contribution in [0.1, 0.15) is 68.2 Å². The zero-order valence-electron chi connectivity index (χ0n) is 11.7. The monoisotopic (exact) mass is 216 g/mol. The molecule has 0 atom stereocenters. The summed E-state index contributed by atoms with van der Waals surface area (Å²) in [4.78, 5) is 11.1. The third-order valence-electron chi connectivity index (χ3n) is 2.30. The fraction of sp³-hybridized carbons (Fsp3) is 1.00. The van der Waals surface area contributed by atoms with Crippen LogP contribution in [0.15, 0.2) is 0 Å². The van der Waals surface area contributed by atoms with E-state index < -0.39 is 0 Å². The van der Waals surface area contributed by atoms with Crippen LogP contribution in [0.25, 0.3) is 0 Å². The van der Waals surface area contributed by atoms with Crippen molar-refractivity contribution in [3.05, 3.63) is 0 Å². The molecular formula is C13H28O2. The van der Waals surface area contributed by atoms with E-state index in [1.807, 2.05) is 13.8 Å². The summed E-state index contributed by atoms with van der Waals surface area (Å²) in [6.45, 7) is 17.0. The predicted molar refractivity (Wildman–Crippen MR) is 64.7 cm³/mol. The van der Waals surface area contributed by atoms with E-state index in [9.17, 15) is 0 Å². The molecule has 15 heavy (non-hydrogen) atoms. The maximum absolute atomic E-state index is 5.56. The van der Waals surface area contributed by atoms with Gasteiger partial charge < -0.3 is 0 Å². The summed E-state index contributed by atoms with van der Waals surface area (Å²) in [5.41, 5.74) is -0.178. The molecule has 0 spiro atoms. The van der Waals surface area contributed by atoms with E-state index >= 15 is 0 Å². The third kappa shape index (κ3) is 7.80. The Hall–Kier alpha value is -0.0800. The maximum atomic E-state index is 5.56. The normalized spacial score (nSPS) is 14.4. The quantitative estimate of drug-likeness (QED) is 0.503. The fourth-order valence-electron chi connectivity index (χ4n) is 1.59. The van der Waals surface area contributed by atoms with E-state index in [1.54, 1.807) is 0 Å². The van der Waals surface area contributed by atoms with E-state index in [1.165, 1.54) is 0 Å². The molecule has 0 amide bonds. The van der Waals surface area contributed by atoms with Crippen molar-refractivity contribution >= 4 is 0 Å². The van der Waals surface area contributed by atoms with E-state index in [0.717, 1.165) is 12.8 Å². The Bertz CT molecular complexity index is 187. The standard InChI is InChI=1S/C13H28O2/c1-9-12(5,6)14-15-13(7,8)10-11(2,3)4/h9-10H2,1-8H3. The minimum atomic E-state index is -0.231. The Labute approximate surface area is 95.3 Å². The zero-order valence-corrected chi connectivity index (χ0v) is 11.7. The molecule has 0 aliphatic heterocycles. The lowest BCUT2D eigenvalue weighted by Gasteiger charge is -2.34. The highest BCUT2D eigenvalue weighted by atomic mass is 17.2. The molecule has 0 aliphatic rings. The van der Waals surface area contributed by atoms with Gasteiger partial charge in [0.15, 0.2) is 0 Å². The Kier molecular flexibility index (Phi) is 4.81. The van der Waals surface area contributed by atoms with Crippen LogP contribution < -0.4 is 0 Å². The van der Waals surface area contributed by atoms with Gasteiger partial charge in [0.2, 0.25) is 0 Å². The van der Waals surface area contributed by atoms with Crippen LogP contribution in [0.4, 0.5) is 0 Å². The molecule has 0 heterocycles. The highest BCUT2D eigenvalue weighted by Crippen LogP contribution is 2.31. The minimum Gasteiger partial charge on any atom is -0.230 e. The molecule has 0 aliphatic carbocycles. The molecule has 0 saturated heterocycles. The first-order chi connectivity index (χ1) is 6.47. The summed E-state index contributed by atoms with van der Waals surface area (Å²) >= 11 is 0. The summed E-state index contributed by atoms with van der Waals surface area (Å²) in [7, 11) is 0. The maximum Gasteiger partial charge on any atom is 0.0985 e. The molecule has 0 rings (SSSR count). The minimum absolute atomic E-state index is 0.199. The van der Waals surface area contributed by atoms with Gasteiger partial charge in [-0.3, -0.25) is 0 Å². The zero-order chi connectivity index (χ0) is 12.3. The van der Waals surface area contributed by atoms with Crippen LogP contribution in [0.3, 0.4) is 0 Å². The van der Waals surface area contributed by atoms with Crippen molar-refractivity contribution < 1.29 is 9.78 Å². The van der Waals surface area contributed by atoms with Gasteiger partial charge in [0, 0.05) is 0 Å². The van der Waals surface area contributed by atoms with E-state index in [-0.39, 0.29) is 16.6 Å². The number of rotatable bonds is 5. The smallest absolute Gasteiger partial charge is 0.0985 e. The number of hydrogen-bond acceptors (Lipinski definition) is 2. The SMILES string of the molecule is CCC(C)(C)OOC(C)(C)CC(C)(C)C. The average molecular weight is 216 g/mol. The lowest BCUT2D eigenvalue weighted by molar-refractivity contribution is -0.404. The Morgan fingerprint density at radius 3 is 1.47 bits per heavy atom. The van der Waals surface area contributed by atoms with Gasteiger partial charge in [-0.05, 0) is 46.0 Å². The molecule has 0 radical (unpaired) electrons. The fourth-order valence-corrected chi connectivity index (χ4v) is 1.59. The van der Waals surface area contributed by atoms with Crippen LogP contribution >= 0.6 is 0 Å². The van der Waals surface area contributed by atoms with Crippen molar-refractivity contribution in [1.82, 2.24) is 0 Å².